The fourth-order valence-corrected chi connectivity index (χ4v) is 4.63. The van der Waals surface area contributed by atoms with E-state index < -0.39 is 17.1 Å². The zero-order valence-corrected chi connectivity index (χ0v) is 19.8. The summed E-state index contributed by atoms with van der Waals surface area (Å²) >= 11 is 3.16. The van der Waals surface area contributed by atoms with Crippen LogP contribution in [0.2, 0.25) is 0 Å². The van der Waals surface area contributed by atoms with Crippen LogP contribution in [0.1, 0.15) is 35.9 Å². The van der Waals surface area contributed by atoms with Crippen LogP contribution in [0.15, 0.2) is 59.3 Å². The first-order valence-corrected chi connectivity index (χ1v) is 12.3. The minimum Gasteiger partial charge on any atom is -0.410 e. The molecule has 0 spiro atoms. The quantitative estimate of drug-likeness (QED) is 0.280. The summed E-state index contributed by atoms with van der Waals surface area (Å²) in [6.07, 6.45) is 1.35. The van der Waals surface area contributed by atoms with Crippen molar-refractivity contribution in [3.63, 3.8) is 0 Å². The monoisotopic (exact) mass is 487 g/mol. The predicted octanol–water partition coefficient (Wildman–Crippen LogP) is 5.59. The molecule has 0 aliphatic rings. The van der Waals surface area contributed by atoms with Gasteiger partial charge in [0.1, 0.15) is 11.8 Å². The first kappa shape index (κ1) is 24.4. The van der Waals surface area contributed by atoms with Crippen molar-refractivity contribution in [1.82, 2.24) is 10.2 Å². The minimum atomic E-state index is -0.773. The van der Waals surface area contributed by atoms with Crippen molar-refractivity contribution in [3.8, 4) is 5.75 Å². The van der Waals surface area contributed by atoms with Crippen molar-refractivity contribution in [3.05, 3.63) is 79.2 Å². The summed E-state index contributed by atoms with van der Waals surface area (Å²) in [5.74, 6) is -0.0142. The third-order valence-corrected chi connectivity index (χ3v) is 6.58. The van der Waals surface area contributed by atoms with E-state index in [4.69, 9.17) is 4.74 Å². The molecule has 0 fully saturated rings. The van der Waals surface area contributed by atoms with Crippen molar-refractivity contribution < 1.29 is 19.2 Å². The van der Waals surface area contributed by atoms with E-state index >= 15 is 0 Å². The highest BCUT2D eigenvalue weighted by Crippen LogP contribution is 2.20. The molecule has 0 radical (unpaired) electrons. The van der Waals surface area contributed by atoms with E-state index in [0.717, 1.165) is 22.6 Å². The summed E-state index contributed by atoms with van der Waals surface area (Å²) in [5.41, 5.74) is -0.100. The normalized spacial score (nSPS) is 11.5. The van der Waals surface area contributed by atoms with Gasteiger partial charge in [-0.2, -0.15) is 0 Å². The van der Waals surface area contributed by atoms with Gasteiger partial charge in [0.15, 0.2) is 0 Å². The molecule has 2 aromatic heterocycles. The van der Waals surface area contributed by atoms with E-state index in [1.807, 2.05) is 41.9 Å². The molecule has 33 heavy (non-hydrogen) atoms. The van der Waals surface area contributed by atoms with Crippen LogP contribution in [0.4, 0.5) is 10.5 Å². The smallest absolute Gasteiger partial charge is 0.410 e. The maximum absolute atomic E-state index is 13.5. The Hall–Kier alpha value is -3.24. The van der Waals surface area contributed by atoms with E-state index in [-0.39, 0.29) is 17.3 Å². The summed E-state index contributed by atoms with van der Waals surface area (Å²) in [4.78, 5) is 40.2. The average molecular weight is 488 g/mol. The van der Waals surface area contributed by atoms with E-state index in [1.165, 1.54) is 24.3 Å². The largest absolute Gasteiger partial charge is 0.413 e. The fourth-order valence-electron chi connectivity index (χ4n) is 3.19. The topological polar surface area (TPSA) is 102 Å². The van der Waals surface area contributed by atoms with Gasteiger partial charge in [-0.25, -0.2) is 4.79 Å². The summed E-state index contributed by atoms with van der Waals surface area (Å²) in [5, 5.41) is 17.4. The average Bonchev–Trinajstić information content (AvgIpc) is 3.50. The molecule has 3 aromatic rings. The maximum atomic E-state index is 13.5. The second-order valence-corrected chi connectivity index (χ2v) is 9.40. The number of carbonyl (C=O) groups is 2. The van der Waals surface area contributed by atoms with Crippen molar-refractivity contribution in [2.24, 2.45) is 0 Å². The molecule has 0 aliphatic carbocycles. The summed E-state index contributed by atoms with van der Waals surface area (Å²) in [7, 11) is 0. The molecule has 1 aromatic carbocycles. The molecule has 0 bridgehead atoms. The van der Waals surface area contributed by atoms with Crippen molar-refractivity contribution in [1.29, 1.82) is 0 Å². The summed E-state index contributed by atoms with van der Waals surface area (Å²) in [6.45, 7) is 2.93. The number of benzene rings is 1. The highest BCUT2D eigenvalue weighted by atomic mass is 32.1. The van der Waals surface area contributed by atoms with Gasteiger partial charge in [0, 0.05) is 21.9 Å². The van der Waals surface area contributed by atoms with E-state index in [2.05, 4.69) is 5.32 Å². The van der Waals surface area contributed by atoms with Crippen molar-refractivity contribution >= 4 is 40.4 Å². The zero-order chi connectivity index (χ0) is 23.6. The predicted molar refractivity (Wildman–Crippen MR) is 128 cm³/mol. The molecule has 174 valence electrons. The highest BCUT2D eigenvalue weighted by molar-refractivity contribution is 7.10. The van der Waals surface area contributed by atoms with Gasteiger partial charge in [0.25, 0.3) is 5.69 Å². The number of unbranched alkanes of at least 4 members (excludes halogenated alkanes) is 1. The number of rotatable bonds is 11. The number of nitrogens with zero attached hydrogens (tertiary/aromatic N) is 2. The molecular formula is C23H25N3O5S2. The van der Waals surface area contributed by atoms with Gasteiger partial charge in [0.05, 0.1) is 18.0 Å². The number of nitro groups is 1. The van der Waals surface area contributed by atoms with Gasteiger partial charge in [-0.05, 0) is 41.4 Å². The van der Waals surface area contributed by atoms with Gasteiger partial charge in [-0.1, -0.05) is 31.9 Å². The Morgan fingerprint density at radius 2 is 1.67 bits per heavy atom. The lowest BCUT2D eigenvalue weighted by atomic mass is 10.1. The molecular weight excluding hydrogens is 462 g/mol. The molecule has 10 heteroatoms. The van der Waals surface area contributed by atoms with E-state index in [9.17, 15) is 19.7 Å². The standard InChI is InChI=1S/C23H25N3O5S2/c1-2-3-8-21(24-23(28)31-18-11-9-17(10-12-18)26(29)30)22(27)25(15-19-6-4-13-32-19)16-20-7-5-14-33-20/h4-7,9-14,21H,2-3,8,15-16H2,1H3,(H,24,28)/t21-/m0/s1. The van der Waals surface area contributed by atoms with Crippen LogP contribution in [0.3, 0.4) is 0 Å². The number of non-ortho nitro benzene ring substituents is 1. The second kappa shape index (κ2) is 12.1. The Kier molecular flexibility index (Phi) is 8.96. The van der Waals surface area contributed by atoms with E-state index in [0.29, 0.717) is 19.5 Å². The zero-order valence-electron chi connectivity index (χ0n) is 18.1. The molecule has 1 atom stereocenters. The van der Waals surface area contributed by atoms with Crippen LogP contribution in [0.5, 0.6) is 5.75 Å². The molecule has 2 amide bonds. The number of hydrogen-bond acceptors (Lipinski definition) is 7. The minimum absolute atomic E-state index is 0.100. The van der Waals surface area contributed by atoms with Crippen LogP contribution < -0.4 is 10.1 Å². The van der Waals surface area contributed by atoms with Gasteiger partial charge in [-0.15, -0.1) is 22.7 Å². The Morgan fingerprint density at radius 1 is 1.06 bits per heavy atom. The lowest BCUT2D eigenvalue weighted by Crippen LogP contribution is -2.48. The number of nitro benzene ring substituents is 1. The molecule has 2 heterocycles. The van der Waals surface area contributed by atoms with Crippen LogP contribution in [0.25, 0.3) is 0 Å². The van der Waals surface area contributed by atoms with Crippen LogP contribution >= 0.6 is 22.7 Å². The lowest BCUT2D eigenvalue weighted by molar-refractivity contribution is -0.384. The van der Waals surface area contributed by atoms with Crippen LogP contribution in [-0.4, -0.2) is 27.9 Å². The second-order valence-electron chi connectivity index (χ2n) is 7.33. The van der Waals surface area contributed by atoms with Gasteiger partial charge in [0.2, 0.25) is 5.91 Å². The van der Waals surface area contributed by atoms with Crippen LogP contribution in [0, 0.1) is 10.1 Å². The van der Waals surface area contributed by atoms with Crippen molar-refractivity contribution in [2.75, 3.05) is 0 Å². The molecule has 1 N–H and O–H groups in total. The summed E-state index contributed by atoms with van der Waals surface area (Å²) < 4.78 is 5.26. The third-order valence-electron chi connectivity index (χ3n) is 4.86. The van der Waals surface area contributed by atoms with Gasteiger partial charge in [-0.3, -0.25) is 14.9 Å². The van der Waals surface area contributed by atoms with Gasteiger partial charge < -0.3 is 15.0 Å². The Balaban J connectivity index is 1.71. The Morgan fingerprint density at radius 3 is 2.15 bits per heavy atom. The highest BCUT2D eigenvalue weighted by Gasteiger charge is 2.27. The molecule has 8 nitrogen and oxygen atoms in total. The number of thiophene rings is 2. The van der Waals surface area contributed by atoms with Crippen LogP contribution in [-0.2, 0) is 17.9 Å². The SMILES string of the molecule is CCCC[C@H](NC(=O)Oc1ccc([N+](=O)[O-])cc1)C(=O)N(Cc1cccs1)Cc1cccs1. The Bertz CT molecular complexity index is 1000. The molecule has 0 aliphatic heterocycles. The summed E-state index contributed by atoms with van der Waals surface area (Å²) in [6, 6.07) is 12.3. The number of amides is 2. The first-order chi connectivity index (χ1) is 16.0. The number of ether oxygens (including phenoxy) is 1. The number of hydrogen-bond donors (Lipinski definition) is 1. The molecule has 0 unspecified atom stereocenters. The number of nitrogens with one attached hydrogen (secondary N) is 1. The van der Waals surface area contributed by atoms with E-state index in [1.54, 1.807) is 27.6 Å². The van der Waals surface area contributed by atoms with Crippen molar-refractivity contribution in [2.45, 2.75) is 45.3 Å². The first-order valence-electron chi connectivity index (χ1n) is 10.5. The third kappa shape index (κ3) is 7.40. The fraction of sp³-hybridized carbons (Fsp3) is 0.304. The molecule has 0 saturated carbocycles. The molecule has 3 rings (SSSR count). The maximum Gasteiger partial charge on any atom is 0.413 e. The molecule has 0 saturated heterocycles. The lowest BCUT2D eigenvalue weighted by Gasteiger charge is -2.27. The number of carbonyl (C=O) groups excluding carboxylic acids is 2. The van der Waals surface area contributed by atoms with Gasteiger partial charge >= 0.3 is 6.09 Å². The Labute approximate surface area is 200 Å².